The van der Waals surface area contributed by atoms with E-state index in [0.29, 0.717) is 0 Å². The molecule has 4 atom stereocenters. The molecule has 25 heavy (non-hydrogen) atoms. The summed E-state index contributed by atoms with van der Waals surface area (Å²) in [6.45, 7) is 4.22. The Morgan fingerprint density at radius 2 is 1.60 bits per heavy atom. The lowest BCUT2D eigenvalue weighted by atomic mass is 9.96. The van der Waals surface area contributed by atoms with Crippen molar-refractivity contribution < 1.29 is 43.3 Å². The van der Waals surface area contributed by atoms with Crippen LogP contribution in [0.15, 0.2) is 5.16 Å². The van der Waals surface area contributed by atoms with Crippen LogP contribution in [0.25, 0.3) is 0 Å². The first kappa shape index (κ1) is 20.2. The molecule has 0 bridgehead atoms. The summed E-state index contributed by atoms with van der Waals surface area (Å²) in [5, 5.41) is 14.5. The number of amides is 1. The molecular weight excluding hydrogens is 340 g/mol. The maximum absolute atomic E-state index is 11.4. The zero-order valence-corrected chi connectivity index (χ0v) is 14.2. The highest BCUT2D eigenvalue weighted by molar-refractivity contribution is 5.88. The monoisotopic (exact) mass is 360 g/mol. The Bertz CT molecular complexity index is 575. The van der Waals surface area contributed by atoms with E-state index in [4.69, 9.17) is 24.2 Å². The SMILES string of the molecule is CC(=O)NC1/C(=N/O)OC(COC(C)=O)[C@H](OC(C)=O)C1OC(C)=O. The Labute approximate surface area is 143 Å². The van der Waals surface area contributed by atoms with Crippen molar-refractivity contribution in [2.75, 3.05) is 6.61 Å². The van der Waals surface area contributed by atoms with Gasteiger partial charge in [-0.2, -0.15) is 0 Å². The molecule has 1 aliphatic heterocycles. The minimum absolute atomic E-state index is 0.364. The zero-order chi connectivity index (χ0) is 19.1. The molecule has 11 nitrogen and oxygen atoms in total. The molecule has 1 amide bonds. The van der Waals surface area contributed by atoms with Gasteiger partial charge in [-0.15, -0.1) is 0 Å². The van der Waals surface area contributed by atoms with Crippen LogP contribution in [0, 0.1) is 0 Å². The fourth-order valence-corrected chi connectivity index (χ4v) is 2.28. The Kier molecular flexibility index (Phi) is 7.15. The van der Waals surface area contributed by atoms with Gasteiger partial charge in [-0.3, -0.25) is 19.2 Å². The van der Waals surface area contributed by atoms with E-state index in [9.17, 15) is 19.2 Å². The fraction of sp³-hybridized carbons (Fsp3) is 0.643. The summed E-state index contributed by atoms with van der Waals surface area (Å²) in [5.41, 5.74) is 0. The normalized spacial score (nSPS) is 27.0. The molecule has 0 aliphatic carbocycles. The van der Waals surface area contributed by atoms with Crippen LogP contribution in [0.2, 0.25) is 0 Å². The molecule has 0 aromatic rings. The average Bonchev–Trinajstić information content (AvgIpc) is 2.48. The number of nitrogens with zero attached hydrogens (tertiary/aromatic N) is 1. The molecule has 1 rings (SSSR count). The largest absolute Gasteiger partial charge is 0.466 e. The number of nitrogens with one attached hydrogen (secondary N) is 1. The van der Waals surface area contributed by atoms with Gasteiger partial charge in [0.25, 0.3) is 5.90 Å². The van der Waals surface area contributed by atoms with Crippen molar-refractivity contribution >= 4 is 29.7 Å². The van der Waals surface area contributed by atoms with Gasteiger partial charge in [0.2, 0.25) is 5.91 Å². The van der Waals surface area contributed by atoms with Crippen molar-refractivity contribution in [1.82, 2.24) is 5.32 Å². The van der Waals surface area contributed by atoms with Gasteiger partial charge in [-0.1, -0.05) is 5.16 Å². The highest BCUT2D eigenvalue weighted by atomic mass is 16.6. The molecule has 1 aliphatic rings. The molecule has 140 valence electrons. The molecular formula is C14H20N2O9. The van der Waals surface area contributed by atoms with Crippen LogP contribution < -0.4 is 5.32 Å². The first-order valence-electron chi connectivity index (χ1n) is 7.29. The van der Waals surface area contributed by atoms with Crippen LogP contribution in [0.5, 0.6) is 0 Å². The predicted molar refractivity (Wildman–Crippen MR) is 79.4 cm³/mol. The lowest BCUT2D eigenvalue weighted by Crippen LogP contribution is -2.64. The van der Waals surface area contributed by atoms with Crippen LogP contribution >= 0.6 is 0 Å². The fourth-order valence-electron chi connectivity index (χ4n) is 2.28. The van der Waals surface area contributed by atoms with E-state index in [1.165, 1.54) is 6.92 Å². The van der Waals surface area contributed by atoms with Crippen molar-refractivity contribution in [3.8, 4) is 0 Å². The number of oxime groups is 1. The highest BCUT2D eigenvalue weighted by Gasteiger charge is 2.50. The predicted octanol–water partition coefficient (Wildman–Crippen LogP) is -0.896. The summed E-state index contributed by atoms with van der Waals surface area (Å²) < 4.78 is 20.5. The molecule has 1 saturated heterocycles. The Hall–Kier alpha value is -2.85. The van der Waals surface area contributed by atoms with Crippen LogP contribution in [-0.4, -0.2) is 65.9 Å². The summed E-state index contributed by atoms with van der Waals surface area (Å²) >= 11 is 0. The first-order chi connectivity index (χ1) is 11.6. The number of ether oxygens (including phenoxy) is 4. The van der Waals surface area contributed by atoms with E-state index in [1.807, 2.05) is 0 Å². The van der Waals surface area contributed by atoms with E-state index in [1.54, 1.807) is 0 Å². The molecule has 1 heterocycles. The van der Waals surface area contributed by atoms with Crippen LogP contribution in [0.3, 0.4) is 0 Å². The molecule has 0 radical (unpaired) electrons. The topological polar surface area (TPSA) is 150 Å². The van der Waals surface area contributed by atoms with E-state index in [2.05, 4.69) is 10.5 Å². The van der Waals surface area contributed by atoms with E-state index in [0.717, 1.165) is 20.8 Å². The number of rotatable bonds is 5. The van der Waals surface area contributed by atoms with Gasteiger partial charge in [0.05, 0.1) is 0 Å². The molecule has 0 spiro atoms. The van der Waals surface area contributed by atoms with E-state index in [-0.39, 0.29) is 12.5 Å². The van der Waals surface area contributed by atoms with Crippen molar-refractivity contribution in [3.63, 3.8) is 0 Å². The van der Waals surface area contributed by atoms with Gasteiger partial charge in [0.15, 0.2) is 18.3 Å². The Balaban J connectivity index is 3.23. The quantitative estimate of drug-likeness (QED) is 0.275. The number of esters is 3. The third-order valence-corrected chi connectivity index (χ3v) is 3.07. The maximum Gasteiger partial charge on any atom is 0.303 e. The van der Waals surface area contributed by atoms with Gasteiger partial charge in [0, 0.05) is 27.7 Å². The van der Waals surface area contributed by atoms with Gasteiger partial charge >= 0.3 is 17.9 Å². The summed E-state index contributed by atoms with van der Waals surface area (Å²) in [4.78, 5) is 45.3. The lowest BCUT2D eigenvalue weighted by molar-refractivity contribution is -0.186. The van der Waals surface area contributed by atoms with E-state index >= 15 is 0 Å². The van der Waals surface area contributed by atoms with Crippen molar-refractivity contribution in [3.05, 3.63) is 0 Å². The summed E-state index contributed by atoms with van der Waals surface area (Å²) in [6.07, 6.45) is -3.60. The smallest absolute Gasteiger partial charge is 0.303 e. The summed E-state index contributed by atoms with van der Waals surface area (Å²) in [6, 6.07) is -1.20. The standard InChI is InChI=1S/C14H20N2O9/c1-6(17)15-11-13(24-9(4)20)12(23-8(3)19)10(5-22-7(2)18)25-14(11)16-21/h10-13,21H,5H2,1-4H3,(H,15,17)/b16-14-/t10?,11?,12-,13?/m0/s1. The molecule has 0 aromatic carbocycles. The minimum atomic E-state index is -1.26. The summed E-state index contributed by atoms with van der Waals surface area (Å²) in [5.74, 6) is -3.00. The molecule has 0 saturated carbocycles. The number of hydrogen-bond donors (Lipinski definition) is 2. The van der Waals surface area contributed by atoms with Crippen molar-refractivity contribution in [2.24, 2.45) is 5.16 Å². The molecule has 1 fully saturated rings. The van der Waals surface area contributed by atoms with Crippen molar-refractivity contribution in [2.45, 2.75) is 52.0 Å². The first-order valence-corrected chi connectivity index (χ1v) is 7.29. The lowest BCUT2D eigenvalue weighted by Gasteiger charge is -2.41. The second kappa shape index (κ2) is 8.85. The highest BCUT2D eigenvalue weighted by Crippen LogP contribution is 2.24. The Morgan fingerprint density at radius 1 is 1.04 bits per heavy atom. The second-order valence-electron chi connectivity index (χ2n) is 5.22. The molecule has 2 N–H and O–H groups in total. The minimum Gasteiger partial charge on any atom is -0.466 e. The van der Waals surface area contributed by atoms with E-state index < -0.39 is 48.2 Å². The Morgan fingerprint density at radius 3 is 2.04 bits per heavy atom. The zero-order valence-electron chi connectivity index (χ0n) is 14.2. The summed E-state index contributed by atoms with van der Waals surface area (Å²) in [7, 11) is 0. The van der Waals surface area contributed by atoms with Gasteiger partial charge in [-0.05, 0) is 0 Å². The van der Waals surface area contributed by atoms with Gasteiger partial charge in [-0.25, -0.2) is 0 Å². The van der Waals surface area contributed by atoms with Crippen LogP contribution in [0.1, 0.15) is 27.7 Å². The van der Waals surface area contributed by atoms with Gasteiger partial charge in [0.1, 0.15) is 12.6 Å². The molecule has 3 unspecified atom stereocenters. The third-order valence-electron chi connectivity index (χ3n) is 3.07. The van der Waals surface area contributed by atoms with Crippen LogP contribution in [0.4, 0.5) is 0 Å². The number of carbonyl (C=O) groups excluding carboxylic acids is 4. The number of hydrogen-bond acceptors (Lipinski definition) is 10. The molecule has 11 heteroatoms. The van der Waals surface area contributed by atoms with Gasteiger partial charge < -0.3 is 29.5 Å². The maximum atomic E-state index is 11.4. The average molecular weight is 360 g/mol. The van der Waals surface area contributed by atoms with Crippen LogP contribution in [-0.2, 0) is 38.1 Å². The molecule has 0 aromatic heterocycles. The van der Waals surface area contributed by atoms with Crippen molar-refractivity contribution in [1.29, 1.82) is 0 Å². The number of carbonyl (C=O) groups is 4. The third kappa shape index (κ3) is 5.94. The second-order valence-corrected chi connectivity index (χ2v) is 5.22.